The fraction of sp³-hybridized carbons (Fsp3) is 0.375. The lowest BCUT2D eigenvalue weighted by Crippen LogP contribution is -2.30. The second-order valence-corrected chi connectivity index (χ2v) is 7.50. The summed E-state index contributed by atoms with van der Waals surface area (Å²) in [6.45, 7) is 7.30. The van der Waals surface area contributed by atoms with Crippen molar-refractivity contribution in [1.29, 1.82) is 0 Å². The van der Waals surface area contributed by atoms with E-state index >= 15 is 0 Å². The van der Waals surface area contributed by atoms with Gasteiger partial charge in [-0.2, -0.15) is 0 Å². The molecule has 1 aromatic carbocycles. The maximum atomic E-state index is 12.3. The summed E-state index contributed by atoms with van der Waals surface area (Å²) in [5.74, 6) is 0.279. The van der Waals surface area contributed by atoms with Crippen LogP contribution in [0, 0.1) is 13.8 Å². The molecule has 2 N–H and O–H groups in total. The molecule has 0 aliphatic heterocycles. The highest BCUT2D eigenvalue weighted by molar-refractivity contribution is 7.89. The van der Waals surface area contributed by atoms with Crippen LogP contribution in [0.4, 0.5) is 0 Å². The minimum atomic E-state index is -3.64. The Morgan fingerprint density at radius 1 is 1.29 bits per heavy atom. The smallest absolute Gasteiger partial charge is 0.251 e. The van der Waals surface area contributed by atoms with Gasteiger partial charge in [-0.05, 0) is 45.9 Å². The summed E-state index contributed by atoms with van der Waals surface area (Å²) in [6, 6.07) is 5.69. The summed E-state index contributed by atoms with van der Waals surface area (Å²) in [4.78, 5) is 12.3. The first kappa shape index (κ1) is 18.2. The van der Waals surface area contributed by atoms with Gasteiger partial charge in [0, 0.05) is 23.7 Å². The monoisotopic (exact) mass is 351 g/mol. The van der Waals surface area contributed by atoms with Gasteiger partial charge in [0.15, 0.2) is 0 Å². The second kappa shape index (κ2) is 7.14. The summed E-state index contributed by atoms with van der Waals surface area (Å²) < 4.78 is 31.9. The largest absolute Gasteiger partial charge is 0.361 e. The van der Waals surface area contributed by atoms with Crippen molar-refractivity contribution in [2.24, 2.45) is 0 Å². The molecular formula is C16H21N3O4S. The number of rotatable bonds is 6. The number of aromatic nitrogens is 1. The number of amides is 1. The van der Waals surface area contributed by atoms with Crippen LogP contribution in [0.5, 0.6) is 0 Å². The van der Waals surface area contributed by atoms with E-state index in [2.05, 4.69) is 15.2 Å². The molecule has 0 radical (unpaired) electrons. The van der Waals surface area contributed by atoms with E-state index in [0.29, 0.717) is 11.5 Å². The van der Waals surface area contributed by atoms with Crippen molar-refractivity contribution in [3.63, 3.8) is 0 Å². The van der Waals surface area contributed by atoms with Gasteiger partial charge in [-0.1, -0.05) is 11.2 Å². The summed E-state index contributed by atoms with van der Waals surface area (Å²) >= 11 is 0. The number of nitrogens with one attached hydrogen (secondary N) is 2. The molecule has 0 fully saturated rings. The van der Waals surface area contributed by atoms with E-state index in [9.17, 15) is 13.2 Å². The first-order chi connectivity index (χ1) is 11.2. The molecule has 2 aromatic rings. The first-order valence-corrected chi connectivity index (χ1v) is 9.01. The average Bonchev–Trinajstić information content (AvgIpc) is 2.82. The molecule has 0 bridgehead atoms. The first-order valence-electron chi connectivity index (χ1n) is 7.53. The van der Waals surface area contributed by atoms with Gasteiger partial charge in [0.2, 0.25) is 10.0 Å². The summed E-state index contributed by atoms with van der Waals surface area (Å²) in [7, 11) is -3.64. The quantitative estimate of drug-likeness (QED) is 0.828. The Hall–Kier alpha value is -2.19. The molecule has 0 atom stereocenters. The average molecular weight is 351 g/mol. The van der Waals surface area contributed by atoms with Crippen LogP contribution in [0.2, 0.25) is 0 Å². The van der Waals surface area contributed by atoms with Gasteiger partial charge in [-0.15, -0.1) is 0 Å². The lowest BCUT2D eigenvalue weighted by molar-refractivity contribution is 0.0950. The van der Waals surface area contributed by atoms with Gasteiger partial charge in [-0.25, -0.2) is 13.1 Å². The Balaban J connectivity index is 2.15. The lowest BCUT2D eigenvalue weighted by atomic mass is 10.2. The van der Waals surface area contributed by atoms with Crippen LogP contribution in [0.1, 0.15) is 41.2 Å². The number of carbonyl (C=O) groups excluding carboxylic acids is 1. The number of benzene rings is 1. The van der Waals surface area contributed by atoms with Gasteiger partial charge in [0.1, 0.15) is 5.76 Å². The zero-order valence-corrected chi connectivity index (χ0v) is 14.9. The van der Waals surface area contributed by atoms with E-state index < -0.39 is 10.0 Å². The molecule has 1 amide bonds. The highest BCUT2D eigenvalue weighted by Crippen LogP contribution is 2.14. The number of aryl methyl sites for hydroxylation is 2. The molecule has 1 heterocycles. The minimum absolute atomic E-state index is 0.0567. The Kier molecular flexibility index (Phi) is 5.40. The molecule has 1 aromatic heterocycles. The van der Waals surface area contributed by atoms with Gasteiger partial charge in [0.25, 0.3) is 5.91 Å². The van der Waals surface area contributed by atoms with E-state index in [1.165, 1.54) is 12.1 Å². The van der Waals surface area contributed by atoms with Crippen LogP contribution >= 0.6 is 0 Å². The summed E-state index contributed by atoms with van der Waals surface area (Å²) in [5, 5.41) is 6.58. The zero-order chi connectivity index (χ0) is 17.9. The Labute approximate surface area is 141 Å². The molecule has 0 aliphatic rings. The summed E-state index contributed by atoms with van der Waals surface area (Å²) in [6.07, 6.45) is 0. The molecular weight excluding hydrogens is 330 g/mol. The van der Waals surface area contributed by atoms with Gasteiger partial charge >= 0.3 is 0 Å². The molecule has 130 valence electrons. The predicted octanol–water partition coefficient (Wildman–Crippen LogP) is 1.91. The number of hydrogen-bond donors (Lipinski definition) is 2. The van der Waals surface area contributed by atoms with E-state index in [1.54, 1.807) is 39.8 Å². The molecule has 0 unspecified atom stereocenters. The molecule has 0 spiro atoms. The van der Waals surface area contributed by atoms with Crippen molar-refractivity contribution in [1.82, 2.24) is 15.2 Å². The van der Waals surface area contributed by atoms with Crippen LogP contribution in [-0.4, -0.2) is 25.5 Å². The Morgan fingerprint density at radius 2 is 2.00 bits per heavy atom. The molecule has 24 heavy (non-hydrogen) atoms. The zero-order valence-electron chi connectivity index (χ0n) is 14.1. The van der Waals surface area contributed by atoms with Crippen LogP contribution in [0.25, 0.3) is 0 Å². The Bertz CT molecular complexity index is 821. The fourth-order valence-electron chi connectivity index (χ4n) is 2.21. The molecule has 2 rings (SSSR count). The SMILES string of the molecule is Cc1noc(C)c1CNC(=O)c1cccc(S(=O)(=O)NC(C)C)c1. The molecule has 0 saturated carbocycles. The highest BCUT2D eigenvalue weighted by Gasteiger charge is 2.17. The maximum Gasteiger partial charge on any atom is 0.251 e. The number of carbonyl (C=O) groups is 1. The second-order valence-electron chi connectivity index (χ2n) is 5.79. The van der Waals surface area contributed by atoms with E-state index in [1.807, 2.05) is 0 Å². The van der Waals surface area contributed by atoms with Gasteiger partial charge < -0.3 is 9.84 Å². The van der Waals surface area contributed by atoms with Crippen LogP contribution in [-0.2, 0) is 16.6 Å². The van der Waals surface area contributed by atoms with Crippen molar-refractivity contribution in [3.05, 3.63) is 46.8 Å². The number of nitrogens with zero attached hydrogens (tertiary/aromatic N) is 1. The molecule has 7 nitrogen and oxygen atoms in total. The van der Waals surface area contributed by atoms with Crippen molar-refractivity contribution >= 4 is 15.9 Å². The van der Waals surface area contributed by atoms with Crippen LogP contribution in [0.3, 0.4) is 0 Å². The Morgan fingerprint density at radius 3 is 2.58 bits per heavy atom. The van der Waals surface area contributed by atoms with Crippen molar-refractivity contribution in [2.45, 2.75) is 45.2 Å². The third-order valence-corrected chi connectivity index (χ3v) is 5.06. The summed E-state index contributed by atoms with van der Waals surface area (Å²) in [5.41, 5.74) is 1.80. The topological polar surface area (TPSA) is 101 Å². The number of hydrogen-bond acceptors (Lipinski definition) is 5. The maximum absolute atomic E-state index is 12.3. The lowest BCUT2D eigenvalue weighted by Gasteiger charge is -2.11. The van der Waals surface area contributed by atoms with E-state index in [4.69, 9.17) is 4.52 Å². The van der Waals surface area contributed by atoms with Crippen molar-refractivity contribution in [2.75, 3.05) is 0 Å². The molecule has 0 aliphatic carbocycles. The predicted molar refractivity (Wildman–Crippen MR) is 89.0 cm³/mol. The van der Waals surface area contributed by atoms with Gasteiger partial charge in [-0.3, -0.25) is 4.79 Å². The standard InChI is InChI=1S/C16H21N3O4S/c1-10(2)19-24(21,22)14-7-5-6-13(8-14)16(20)17-9-15-11(3)18-23-12(15)4/h5-8,10,19H,9H2,1-4H3,(H,17,20). The fourth-order valence-corrected chi connectivity index (χ4v) is 3.50. The van der Waals surface area contributed by atoms with Crippen LogP contribution < -0.4 is 10.0 Å². The van der Waals surface area contributed by atoms with Gasteiger partial charge in [0.05, 0.1) is 10.6 Å². The minimum Gasteiger partial charge on any atom is -0.361 e. The van der Waals surface area contributed by atoms with Crippen molar-refractivity contribution in [3.8, 4) is 0 Å². The molecule has 0 saturated heterocycles. The molecule has 8 heteroatoms. The van der Waals surface area contributed by atoms with Crippen molar-refractivity contribution < 1.29 is 17.7 Å². The third-order valence-electron chi connectivity index (χ3n) is 3.40. The normalized spacial score (nSPS) is 11.7. The highest BCUT2D eigenvalue weighted by atomic mass is 32.2. The number of sulfonamides is 1. The van der Waals surface area contributed by atoms with E-state index in [0.717, 1.165) is 5.56 Å². The van der Waals surface area contributed by atoms with Crippen LogP contribution in [0.15, 0.2) is 33.7 Å². The van der Waals surface area contributed by atoms with E-state index in [-0.39, 0.29) is 29.0 Å². The third kappa shape index (κ3) is 4.21.